The smallest absolute Gasteiger partial charge is 0.124 e. The largest absolute Gasteiger partial charge is 0.360 e. The number of fused-ring (bicyclic) bond motifs is 1. The first-order valence-corrected chi connectivity index (χ1v) is 7.85. The Morgan fingerprint density at radius 1 is 1.00 bits per heavy atom. The highest BCUT2D eigenvalue weighted by atomic mass is 35.5. The molecule has 0 atom stereocenters. The van der Waals surface area contributed by atoms with E-state index in [-0.39, 0.29) is 0 Å². The van der Waals surface area contributed by atoms with Crippen LogP contribution in [0.3, 0.4) is 0 Å². The zero-order valence-corrected chi connectivity index (χ0v) is 12.6. The molecule has 1 N–H and O–H groups in total. The van der Waals surface area contributed by atoms with E-state index in [1.165, 1.54) is 5.39 Å². The van der Waals surface area contributed by atoms with E-state index in [1.807, 2.05) is 42.6 Å². The summed E-state index contributed by atoms with van der Waals surface area (Å²) in [4.78, 5) is 8.05. The zero-order valence-electron chi connectivity index (χ0n) is 11.0. The highest BCUT2D eigenvalue weighted by Gasteiger charge is 2.10. The summed E-state index contributed by atoms with van der Waals surface area (Å²) in [5.74, 6) is 0. The molecular formula is C17H11ClN2S. The fraction of sp³-hybridized carbons (Fsp3) is 0. The van der Waals surface area contributed by atoms with Crippen molar-refractivity contribution in [2.24, 2.45) is 0 Å². The Morgan fingerprint density at radius 2 is 1.81 bits per heavy atom. The number of nitrogens with zero attached hydrogens (tertiary/aromatic N) is 1. The van der Waals surface area contributed by atoms with E-state index in [1.54, 1.807) is 11.3 Å². The highest BCUT2D eigenvalue weighted by Crippen LogP contribution is 2.33. The summed E-state index contributed by atoms with van der Waals surface area (Å²) in [6.07, 6.45) is 2.02. The van der Waals surface area contributed by atoms with Crippen molar-refractivity contribution in [3.63, 3.8) is 0 Å². The Hall–Kier alpha value is -2.10. The molecule has 2 heterocycles. The van der Waals surface area contributed by atoms with Gasteiger partial charge in [-0.2, -0.15) is 0 Å². The molecule has 4 aromatic rings. The summed E-state index contributed by atoms with van der Waals surface area (Å²) >= 11 is 7.58. The van der Waals surface area contributed by atoms with E-state index >= 15 is 0 Å². The van der Waals surface area contributed by atoms with Gasteiger partial charge < -0.3 is 4.98 Å². The maximum absolute atomic E-state index is 5.93. The van der Waals surface area contributed by atoms with Crippen LogP contribution in [0.15, 0.2) is 60.1 Å². The number of hydrogen-bond donors (Lipinski definition) is 1. The second-order valence-corrected chi connectivity index (χ2v) is 6.09. The van der Waals surface area contributed by atoms with Crippen molar-refractivity contribution in [2.75, 3.05) is 0 Å². The van der Waals surface area contributed by atoms with Crippen LogP contribution in [0.2, 0.25) is 5.02 Å². The van der Waals surface area contributed by atoms with Crippen LogP contribution in [0.4, 0.5) is 0 Å². The predicted octanol–water partition coefficient (Wildman–Crippen LogP) is 5.61. The summed E-state index contributed by atoms with van der Waals surface area (Å²) in [6, 6.07) is 16.1. The summed E-state index contributed by atoms with van der Waals surface area (Å²) in [5, 5.41) is 5.05. The first-order valence-electron chi connectivity index (χ1n) is 6.59. The second kappa shape index (κ2) is 5.02. The number of aromatic nitrogens is 2. The maximum atomic E-state index is 5.93. The third-order valence-corrected chi connectivity index (χ3v) is 4.60. The molecule has 0 aliphatic heterocycles. The first kappa shape index (κ1) is 12.6. The summed E-state index contributed by atoms with van der Waals surface area (Å²) in [5.41, 5.74) is 4.37. The molecule has 0 saturated carbocycles. The van der Waals surface area contributed by atoms with Gasteiger partial charge in [-0.3, -0.25) is 0 Å². The molecule has 0 radical (unpaired) electrons. The van der Waals surface area contributed by atoms with Crippen molar-refractivity contribution >= 4 is 33.8 Å². The molecule has 4 heteroatoms. The van der Waals surface area contributed by atoms with Crippen molar-refractivity contribution in [3.05, 3.63) is 65.1 Å². The lowest BCUT2D eigenvalue weighted by Gasteiger charge is -1.96. The topological polar surface area (TPSA) is 28.7 Å². The fourth-order valence-electron chi connectivity index (χ4n) is 2.41. The lowest BCUT2D eigenvalue weighted by molar-refractivity contribution is 1.40. The van der Waals surface area contributed by atoms with Crippen LogP contribution >= 0.6 is 22.9 Å². The Labute approximate surface area is 131 Å². The summed E-state index contributed by atoms with van der Waals surface area (Å²) in [6.45, 7) is 0. The van der Waals surface area contributed by atoms with Gasteiger partial charge in [0.2, 0.25) is 0 Å². The van der Waals surface area contributed by atoms with E-state index < -0.39 is 0 Å². The minimum absolute atomic E-state index is 0.743. The SMILES string of the molecule is Clc1ccc(-c2nc(-c3c[nH]c4ccccc34)cs2)cc1. The minimum atomic E-state index is 0.743. The van der Waals surface area contributed by atoms with Gasteiger partial charge in [0, 0.05) is 38.6 Å². The quantitative estimate of drug-likeness (QED) is 0.512. The van der Waals surface area contributed by atoms with E-state index in [9.17, 15) is 0 Å². The molecule has 0 saturated heterocycles. The van der Waals surface area contributed by atoms with E-state index in [4.69, 9.17) is 16.6 Å². The maximum Gasteiger partial charge on any atom is 0.124 e. The molecule has 0 fully saturated rings. The Balaban J connectivity index is 1.79. The van der Waals surface area contributed by atoms with Gasteiger partial charge in [0.05, 0.1) is 5.69 Å². The lowest BCUT2D eigenvalue weighted by atomic mass is 10.1. The summed E-state index contributed by atoms with van der Waals surface area (Å²) in [7, 11) is 0. The molecular weight excluding hydrogens is 300 g/mol. The number of hydrogen-bond acceptors (Lipinski definition) is 2. The van der Waals surface area contributed by atoms with Crippen molar-refractivity contribution in [1.82, 2.24) is 9.97 Å². The number of thiazole rings is 1. The van der Waals surface area contributed by atoms with Gasteiger partial charge in [-0.05, 0) is 18.2 Å². The molecule has 102 valence electrons. The molecule has 0 unspecified atom stereocenters. The van der Waals surface area contributed by atoms with Crippen molar-refractivity contribution < 1.29 is 0 Å². The standard InChI is InChI=1S/C17H11ClN2S/c18-12-7-5-11(6-8-12)17-20-16(10-21-17)14-9-19-15-4-2-1-3-13(14)15/h1-10,19H. The van der Waals surface area contributed by atoms with Crippen LogP contribution in [0, 0.1) is 0 Å². The van der Waals surface area contributed by atoms with Crippen molar-refractivity contribution in [2.45, 2.75) is 0 Å². The molecule has 21 heavy (non-hydrogen) atoms. The molecule has 0 bridgehead atoms. The van der Waals surface area contributed by atoms with Crippen LogP contribution in [-0.4, -0.2) is 9.97 Å². The van der Waals surface area contributed by atoms with Crippen LogP contribution in [0.25, 0.3) is 32.7 Å². The van der Waals surface area contributed by atoms with Gasteiger partial charge >= 0.3 is 0 Å². The number of halogens is 1. The normalized spacial score (nSPS) is 11.1. The van der Waals surface area contributed by atoms with Gasteiger partial charge in [-0.25, -0.2) is 4.98 Å². The number of nitrogens with one attached hydrogen (secondary N) is 1. The second-order valence-electron chi connectivity index (χ2n) is 4.79. The molecule has 0 aliphatic rings. The third-order valence-electron chi connectivity index (χ3n) is 3.46. The predicted molar refractivity (Wildman–Crippen MR) is 89.9 cm³/mol. The van der Waals surface area contributed by atoms with Crippen molar-refractivity contribution in [1.29, 1.82) is 0 Å². The average Bonchev–Trinajstić information content (AvgIpc) is 3.14. The van der Waals surface area contributed by atoms with Gasteiger partial charge in [-0.15, -0.1) is 11.3 Å². The average molecular weight is 311 g/mol. The molecule has 0 aliphatic carbocycles. The number of benzene rings is 2. The first-order chi connectivity index (χ1) is 10.3. The Kier molecular flexibility index (Phi) is 3.02. The fourth-order valence-corrected chi connectivity index (χ4v) is 3.36. The van der Waals surface area contributed by atoms with E-state index in [2.05, 4.69) is 22.5 Å². The van der Waals surface area contributed by atoms with Gasteiger partial charge in [0.25, 0.3) is 0 Å². The molecule has 2 aromatic carbocycles. The van der Waals surface area contributed by atoms with Crippen LogP contribution < -0.4 is 0 Å². The van der Waals surface area contributed by atoms with Crippen molar-refractivity contribution in [3.8, 4) is 21.8 Å². The van der Waals surface area contributed by atoms with E-state index in [0.717, 1.165) is 32.4 Å². The third kappa shape index (κ3) is 2.24. The number of aromatic amines is 1. The number of para-hydroxylation sites is 1. The number of H-pyrrole nitrogens is 1. The molecule has 4 rings (SSSR count). The van der Waals surface area contributed by atoms with Gasteiger partial charge in [0.15, 0.2) is 0 Å². The Bertz CT molecular complexity index is 906. The summed E-state index contributed by atoms with van der Waals surface area (Å²) < 4.78 is 0. The Morgan fingerprint density at radius 3 is 2.67 bits per heavy atom. The lowest BCUT2D eigenvalue weighted by Crippen LogP contribution is -1.78. The highest BCUT2D eigenvalue weighted by molar-refractivity contribution is 7.13. The van der Waals surface area contributed by atoms with Gasteiger partial charge in [0.1, 0.15) is 5.01 Å². The van der Waals surface area contributed by atoms with Crippen LogP contribution in [0.5, 0.6) is 0 Å². The monoisotopic (exact) mass is 310 g/mol. The van der Waals surface area contributed by atoms with Crippen LogP contribution in [-0.2, 0) is 0 Å². The molecule has 2 aromatic heterocycles. The zero-order chi connectivity index (χ0) is 14.2. The molecule has 2 nitrogen and oxygen atoms in total. The minimum Gasteiger partial charge on any atom is -0.360 e. The van der Waals surface area contributed by atoms with E-state index in [0.29, 0.717) is 0 Å². The molecule has 0 amide bonds. The molecule has 0 spiro atoms. The van der Waals surface area contributed by atoms with Gasteiger partial charge in [-0.1, -0.05) is 41.9 Å². The van der Waals surface area contributed by atoms with Crippen LogP contribution in [0.1, 0.15) is 0 Å². The number of rotatable bonds is 2.